The minimum absolute atomic E-state index is 0.00152. The summed E-state index contributed by atoms with van der Waals surface area (Å²) in [6, 6.07) is 0. The van der Waals surface area contributed by atoms with Crippen LogP contribution in [0.2, 0.25) is 0 Å². The standard InChI is InChI=1S/C21H34N2O4/c1-14-4-3-5-20(2)12-16-17(18-21(14,20)27-18)15(19(25)26-16)13-23-8-6-22(7-9-23)10-11-24/h14-18,24H,3-13H2,1-2H3/t14-,15+,16+,17+,18+,20+,21+/m0/s1. The first-order valence-corrected chi connectivity index (χ1v) is 10.9. The van der Waals surface area contributed by atoms with Crippen LogP contribution in [0.4, 0.5) is 0 Å². The number of aliphatic hydroxyl groups excluding tert-OH is 1. The smallest absolute Gasteiger partial charge is 0.311 e. The second-order valence-electron chi connectivity index (χ2n) is 9.91. The van der Waals surface area contributed by atoms with Gasteiger partial charge in [-0.2, -0.15) is 0 Å². The molecule has 0 bridgehead atoms. The molecule has 0 unspecified atom stereocenters. The summed E-state index contributed by atoms with van der Waals surface area (Å²) >= 11 is 0. The lowest BCUT2D eigenvalue weighted by Gasteiger charge is -2.49. The van der Waals surface area contributed by atoms with Crippen LogP contribution in [0.5, 0.6) is 0 Å². The van der Waals surface area contributed by atoms with Crippen LogP contribution in [0, 0.1) is 23.2 Å². The Labute approximate surface area is 162 Å². The minimum atomic E-state index is -0.0394. The molecule has 0 amide bonds. The Morgan fingerprint density at radius 2 is 1.96 bits per heavy atom. The molecule has 5 fully saturated rings. The van der Waals surface area contributed by atoms with Crippen LogP contribution in [0.15, 0.2) is 0 Å². The van der Waals surface area contributed by atoms with E-state index in [4.69, 9.17) is 14.6 Å². The number of piperazine rings is 1. The van der Waals surface area contributed by atoms with Crippen molar-refractivity contribution in [2.45, 2.75) is 57.3 Å². The van der Waals surface area contributed by atoms with Crippen molar-refractivity contribution in [3.8, 4) is 0 Å². The normalized spacial score (nSPS) is 49.9. The van der Waals surface area contributed by atoms with Gasteiger partial charge < -0.3 is 14.6 Å². The van der Waals surface area contributed by atoms with E-state index >= 15 is 0 Å². The van der Waals surface area contributed by atoms with E-state index < -0.39 is 0 Å². The molecule has 1 spiro atoms. The topological polar surface area (TPSA) is 65.5 Å². The fourth-order valence-electron chi connectivity index (χ4n) is 7.06. The fraction of sp³-hybridized carbons (Fsp3) is 0.952. The first-order valence-electron chi connectivity index (χ1n) is 10.9. The molecule has 0 aromatic carbocycles. The van der Waals surface area contributed by atoms with Crippen molar-refractivity contribution in [1.29, 1.82) is 0 Å². The third-order valence-corrected chi connectivity index (χ3v) is 8.53. The Balaban J connectivity index is 1.30. The van der Waals surface area contributed by atoms with Crippen LogP contribution < -0.4 is 0 Å². The predicted molar refractivity (Wildman–Crippen MR) is 100 cm³/mol. The number of hydrogen-bond donors (Lipinski definition) is 1. The summed E-state index contributed by atoms with van der Waals surface area (Å²) in [6.45, 7) is 10.4. The highest BCUT2D eigenvalue weighted by molar-refractivity contribution is 5.76. The zero-order valence-electron chi connectivity index (χ0n) is 16.7. The van der Waals surface area contributed by atoms with Gasteiger partial charge in [0, 0.05) is 50.6 Å². The average molecular weight is 379 g/mol. The zero-order chi connectivity index (χ0) is 18.8. The molecule has 5 rings (SSSR count). The van der Waals surface area contributed by atoms with Crippen molar-refractivity contribution < 1.29 is 19.4 Å². The molecule has 3 heterocycles. The van der Waals surface area contributed by atoms with E-state index in [1.807, 2.05) is 0 Å². The number of rotatable bonds is 4. The van der Waals surface area contributed by atoms with Gasteiger partial charge in [-0.3, -0.25) is 14.6 Å². The quantitative estimate of drug-likeness (QED) is 0.584. The average Bonchev–Trinajstić information content (AvgIpc) is 3.32. The van der Waals surface area contributed by atoms with Crippen LogP contribution in [0.25, 0.3) is 0 Å². The van der Waals surface area contributed by atoms with E-state index in [0.717, 1.165) is 45.7 Å². The van der Waals surface area contributed by atoms with Gasteiger partial charge in [0.05, 0.1) is 18.6 Å². The Hall–Kier alpha value is -0.690. The monoisotopic (exact) mass is 378 g/mol. The summed E-state index contributed by atoms with van der Waals surface area (Å²) in [4.78, 5) is 17.5. The summed E-state index contributed by atoms with van der Waals surface area (Å²) in [5.41, 5.74) is 0.167. The highest BCUT2D eigenvalue weighted by atomic mass is 16.6. The third-order valence-electron chi connectivity index (χ3n) is 8.53. The van der Waals surface area contributed by atoms with Crippen molar-refractivity contribution in [2.24, 2.45) is 23.2 Å². The largest absolute Gasteiger partial charge is 0.462 e. The highest BCUT2D eigenvalue weighted by Crippen LogP contribution is 2.70. The molecule has 6 nitrogen and oxygen atoms in total. The SMILES string of the molecule is C[C@H]1CCC[C@]2(C)C[C@H]3OC(=O)[C@H](CN4CCN(CCO)CC4)[C@H]3[C@H]3O[C@@]312. The highest BCUT2D eigenvalue weighted by Gasteiger charge is 2.78. The van der Waals surface area contributed by atoms with Gasteiger partial charge >= 0.3 is 5.97 Å². The fourth-order valence-corrected chi connectivity index (χ4v) is 7.06. The maximum atomic E-state index is 12.8. The zero-order valence-corrected chi connectivity index (χ0v) is 16.7. The number of nitrogens with zero attached hydrogens (tertiary/aromatic N) is 2. The Bertz CT molecular complexity index is 607. The first kappa shape index (κ1) is 18.3. The second kappa shape index (κ2) is 6.41. The van der Waals surface area contributed by atoms with E-state index in [-0.39, 0.29) is 47.6 Å². The second-order valence-corrected chi connectivity index (χ2v) is 9.91. The number of ether oxygens (including phenoxy) is 2. The number of carbonyl (C=O) groups is 1. The minimum Gasteiger partial charge on any atom is -0.462 e. The summed E-state index contributed by atoms with van der Waals surface area (Å²) in [5.74, 6) is 0.785. The third kappa shape index (κ3) is 2.63. The van der Waals surface area contributed by atoms with Crippen molar-refractivity contribution in [3.05, 3.63) is 0 Å². The molecule has 6 heteroatoms. The Kier molecular flexibility index (Phi) is 4.35. The van der Waals surface area contributed by atoms with E-state index in [2.05, 4.69) is 23.6 Å². The van der Waals surface area contributed by atoms with E-state index in [1.165, 1.54) is 19.3 Å². The van der Waals surface area contributed by atoms with Gasteiger partial charge in [-0.05, 0) is 25.2 Å². The van der Waals surface area contributed by atoms with Gasteiger partial charge in [0.1, 0.15) is 11.7 Å². The molecule has 1 N–H and O–H groups in total. The summed E-state index contributed by atoms with van der Waals surface area (Å²) < 4.78 is 12.5. The van der Waals surface area contributed by atoms with Gasteiger partial charge in [0.25, 0.3) is 0 Å². The summed E-state index contributed by atoms with van der Waals surface area (Å²) in [7, 11) is 0. The molecule has 3 aliphatic heterocycles. The molecule has 0 aromatic heterocycles. The van der Waals surface area contributed by atoms with E-state index in [0.29, 0.717) is 5.92 Å². The molecule has 2 aliphatic carbocycles. The molecular formula is C21H34N2O4. The molecule has 5 aliphatic rings. The lowest BCUT2D eigenvalue weighted by molar-refractivity contribution is -0.146. The Morgan fingerprint density at radius 3 is 2.70 bits per heavy atom. The van der Waals surface area contributed by atoms with Crippen LogP contribution in [0.1, 0.15) is 39.5 Å². The van der Waals surface area contributed by atoms with Crippen LogP contribution in [-0.2, 0) is 14.3 Å². The maximum Gasteiger partial charge on any atom is 0.311 e. The maximum absolute atomic E-state index is 12.8. The van der Waals surface area contributed by atoms with Crippen molar-refractivity contribution in [2.75, 3.05) is 45.9 Å². The molecule has 27 heavy (non-hydrogen) atoms. The molecular weight excluding hydrogens is 344 g/mol. The summed E-state index contributed by atoms with van der Waals surface area (Å²) in [6.07, 6.45) is 4.95. The number of β-amino-alcohol motifs (C(OH)–C–C–N with tert-alkyl or cyclic N) is 1. The molecule has 0 aromatic rings. The van der Waals surface area contributed by atoms with Gasteiger partial charge in [-0.15, -0.1) is 0 Å². The molecule has 7 atom stereocenters. The van der Waals surface area contributed by atoms with Gasteiger partial charge in [0.2, 0.25) is 0 Å². The Morgan fingerprint density at radius 1 is 1.22 bits per heavy atom. The van der Waals surface area contributed by atoms with Gasteiger partial charge in [0.15, 0.2) is 0 Å². The van der Waals surface area contributed by atoms with Gasteiger partial charge in [-0.1, -0.05) is 20.3 Å². The van der Waals surface area contributed by atoms with Crippen LogP contribution in [-0.4, -0.2) is 84.6 Å². The predicted octanol–water partition coefficient (Wildman–Crippen LogP) is 1.12. The van der Waals surface area contributed by atoms with Crippen LogP contribution in [0.3, 0.4) is 0 Å². The molecule has 152 valence electrons. The molecule has 0 radical (unpaired) electrons. The number of esters is 1. The number of aliphatic hydroxyl groups is 1. The number of carbonyl (C=O) groups excluding carboxylic acids is 1. The van der Waals surface area contributed by atoms with Crippen molar-refractivity contribution >= 4 is 5.97 Å². The van der Waals surface area contributed by atoms with E-state index in [1.54, 1.807) is 0 Å². The molecule has 2 saturated carbocycles. The lowest BCUT2D eigenvalue weighted by atomic mass is 9.53. The van der Waals surface area contributed by atoms with E-state index in [9.17, 15) is 4.79 Å². The van der Waals surface area contributed by atoms with Crippen molar-refractivity contribution in [3.63, 3.8) is 0 Å². The van der Waals surface area contributed by atoms with Crippen molar-refractivity contribution in [1.82, 2.24) is 9.80 Å². The number of epoxide rings is 1. The first-order chi connectivity index (χ1) is 13.0. The summed E-state index contributed by atoms with van der Waals surface area (Å²) in [5, 5.41) is 9.12. The van der Waals surface area contributed by atoms with Crippen LogP contribution >= 0.6 is 0 Å². The lowest BCUT2D eigenvalue weighted by Crippen LogP contribution is -2.55. The number of fused-ring (bicyclic) bond motifs is 2. The molecule has 3 saturated heterocycles. The van der Waals surface area contributed by atoms with Gasteiger partial charge in [-0.25, -0.2) is 0 Å². The number of hydrogen-bond acceptors (Lipinski definition) is 6.